The predicted molar refractivity (Wildman–Crippen MR) is 112 cm³/mol. The SMILES string of the molecule is O=C1C=CC(=O)N1c1ccc(S(=O)(=O)[O-])cc1.O=C1C=CC(=O)N1c1ccc(S(=O)(=O)[O-])cc1.[Co+2]. The number of imide groups is 2. The summed E-state index contributed by atoms with van der Waals surface area (Å²) >= 11 is 0. The molecule has 0 spiro atoms. The first-order valence-corrected chi connectivity index (χ1v) is 11.8. The van der Waals surface area contributed by atoms with Crippen molar-refractivity contribution < 1.29 is 61.9 Å². The molecule has 15 heteroatoms. The Hall–Kier alpha value is -3.47. The smallest absolute Gasteiger partial charge is 0.744 e. The van der Waals surface area contributed by atoms with Crippen molar-refractivity contribution in [1.82, 2.24) is 0 Å². The molecule has 12 nitrogen and oxygen atoms in total. The number of nitrogens with zero attached hydrogens (tertiary/aromatic N) is 2. The van der Waals surface area contributed by atoms with Gasteiger partial charge in [-0.05, 0) is 48.5 Å². The number of rotatable bonds is 4. The van der Waals surface area contributed by atoms with Gasteiger partial charge in [-0.3, -0.25) is 19.2 Å². The third-order valence-corrected chi connectivity index (χ3v) is 6.08. The number of carbonyl (C=O) groups excluding carboxylic acids is 4. The largest absolute Gasteiger partial charge is 2.00 e. The van der Waals surface area contributed by atoms with Gasteiger partial charge in [0.15, 0.2) is 0 Å². The molecule has 4 rings (SSSR count). The Morgan fingerprint density at radius 2 is 0.714 bits per heavy atom. The molecule has 0 unspecified atom stereocenters. The van der Waals surface area contributed by atoms with Gasteiger partial charge < -0.3 is 9.11 Å². The van der Waals surface area contributed by atoms with Crippen LogP contribution in [0.2, 0.25) is 0 Å². The van der Waals surface area contributed by atoms with Crippen LogP contribution in [0.25, 0.3) is 0 Å². The van der Waals surface area contributed by atoms with Gasteiger partial charge in [0.25, 0.3) is 23.6 Å². The Labute approximate surface area is 209 Å². The van der Waals surface area contributed by atoms with E-state index in [1.165, 1.54) is 24.3 Å². The van der Waals surface area contributed by atoms with Crippen LogP contribution in [0.5, 0.6) is 0 Å². The molecule has 0 saturated heterocycles. The molecule has 2 aliphatic heterocycles. The monoisotopic (exact) mass is 563 g/mol. The minimum atomic E-state index is -4.52. The Morgan fingerprint density at radius 3 is 0.914 bits per heavy atom. The number of anilines is 2. The summed E-state index contributed by atoms with van der Waals surface area (Å²) in [4.78, 5) is 46.2. The van der Waals surface area contributed by atoms with Crippen molar-refractivity contribution >= 4 is 55.2 Å². The van der Waals surface area contributed by atoms with Gasteiger partial charge in [0.1, 0.15) is 20.2 Å². The summed E-state index contributed by atoms with van der Waals surface area (Å²) < 4.78 is 64.1. The van der Waals surface area contributed by atoms with Crippen LogP contribution in [-0.4, -0.2) is 49.6 Å². The standard InChI is InChI=1S/2C10H7NO5S.Co/c2*12-9-5-6-10(13)11(9)7-1-3-8(4-2-7)17(14,15)16;/h2*1-6H,(H,14,15,16);/q;;+2/p-2. The molecule has 0 aliphatic carbocycles. The van der Waals surface area contributed by atoms with Crippen molar-refractivity contribution in [2.24, 2.45) is 0 Å². The van der Waals surface area contributed by atoms with Gasteiger partial charge >= 0.3 is 16.8 Å². The Balaban J connectivity index is 0.000000240. The fourth-order valence-corrected chi connectivity index (χ4v) is 3.77. The zero-order chi connectivity index (χ0) is 25.3. The molecule has 2 aromatic rings. The molecule has 0 fully saturated rings. The van der Waals surface area contributed by atoms with Crippen molar-refractivity contribution in [1.29, 1.82) is 0 Å². The summed E-state index contributed by atoms with van der Waals surface area (Å²) in [6.07, 6.45) is 4.45. The number of amides is 4. The molecular formula is C20H12CoN2O10S2. The van der Waals surface area contributed by atoms with Gasteiger partial charge in [0, 0.05) is 24.3 Å². The molecule has 183 valence electrons. The van der Waals surface area contributed by atoms with Crippen LogP contribution in [0, 0.1) is 0 Å². The average molecular weight is 563 g/mol. The van der Waals surface area contributed by atoms with Crippen LogP contribution in [0.4, 0.5) is 11.4 Å². The topological polar surface area (TPSA) is 189 Å². The Bertz CT molecular complexity index is 1310. The first-order chi connectivity index (χ1) is 15.8. The van der Waals surface area contributed by atoms with E-state index in [0.29, 0.717) is 0 Å². The van der Waals surface area contributed by atoms with E-state index in [-0.39, 0.29) is 28.2 Å². The van der Waals surface area contributed by atoms with E-state index in [1.807, 2.05) is 0 Å². The van der Waals surface area contributed by atoms with Gasteiger partial charge in [-0.15, -0.1) is 0 Å². The van der Waals surface area contributed by atoms with Crippen LogP contribution in [-0.2, 0) is 56.2 Å². The zero-order valence-electron chi connectivity index (χ0n) is 17.1. The van der Waals surface area contributed by atoms with E-state index in [0.717, 1.165) is 58.4 Å². The molecule has 0 aromatic heterocycles. The van der Waals surface area contributed by atoms with E-state index in [2.05, 4.69) is 0 Å². The molecule has 2 heterocycles. The van der Waals surface area contributed by atoms with Gasteiger partial charge in [0.05, 0.1) is 21.2 Å². The summed E-state index contributed by atoms with van der Waals surface area (Å²) in [7, 11) is -9.05. The normalized spacial score (nSPS) is 15.3. The molecular weight excluding hydrogens is 551 g/mol. The minimum Gasteiger partial charge on any atom is -0.744 e. The van der Waals surface area contributed by atoms with E-state index in [9.17, 15) is 45.1 Å². The maximum absolute atomic E-state index is 11.3. The summed E-state index contributed by atoms with van der Waals surface area (Å²) in [5, 5.41) is 0. The number of hydrogen-bond acceptors (Lipinski definition) is 10. The second-order valence-electron chi connectivity index (χ2n) is 6.59. The van der Waals surface area contributed by atoms with Crippen LogP contribution < -0.4 is 9.80 Å². The second-order valence-corrected chi connectivity index (χ2v) is 9.35. The first-order valence-electron chi connectivity index (χ1n) is 9.03. The van der Waals surface area contributed by atoms with Crippen molar-refractivity contribution in [2.45, 2.75) is 9.79 Å². The summed E-state index contributed by atoms with van der Waals surface area (Å²) in [6.45, 7) is 0. The predicted octanol–water partition coefficient (Wildman–Crippen LogP) is 0.0377. The van der Waals surface area contributed by atoms with Crippen molar-refractivity contribution in [3.05, 3.63) is 72.8 Å². The maximum atomic E-state index is 11.3. The van der Waals surface area contributed by atoms with E-state index in [4.69, 9.17) is 0 Å². The van der Waals surface area contributed by atoms with Crippen LogP contribution >= 0.6 is 0 Å². The summed E-state index contributed by atoms with van der Waals surface area (Å²) in [5.74, 6) is -2.03. The van der Waals surface area contributed by atoms with Gasteiger partial charge in [0.2, 0.25) is 0 Å². The zero-order valence-corrected chi connectivity index (χ0v) is 19.7. The van der Waals surface area contributed by atoms with Crippen LogP contribution in [0.15, 0.2) is 82.6 Å². The molecule has 1 radical (unpaired) electrons. The number of carbonyl (C=O) groups is 4. The van der Waals surface area contributed by atoms with Gasteiger partial charge in [-0.1, -0.05) is 0 Å². The third-order valence-electron chi connectivity index (χ3n) is 4.39. The van der Waals surface area contributed by atoms with Gasteiger partial charge in [-0.2, -0.15) is 0 Å². The molecule has 0 N–H and O–H groups in total. The number of benzene rings is 2. The molecule has 0 atom stereocenters. The average Bonchev–Trinajstić information content (AvgIpc) is 3.27. The molecule has 0 saturated carbocycles. The summed E-state index contributed by atoms with van der Waals surface area (Å²) in [5.41, 5.74) is 0.440. The summed E-state index contributed by atoms with van der Waals surface area (Å²) in [6, 6.07) is 9.13. The Morgan fingerprint density at radius 1 is 0.486 bits per heavy atom. The van der Waals surface area contributed by atoms with E-state index >= 15 is 0 Å². The van der Waals surface area contributed by atoms with Gasteiger partial charge in [-0.25, -0.2) is 26.6 Å². The number of hydrogen-bond donors (Lipinski definition) is 0. The van der Waals surface area contributed by atoms with Crippen LogP contribution in [0.1, 0.15) is 0 Å². The van der Waals surface area contributed by atoms with Crippen LogP contribution in [0.3, 0.4) is 0 Å². The van der Waals surface area contributed by atoms with E-state index < -0.39 is 53.7 Å². The molecule has 2 aromatic carbocycles. The molecule has 35 heavy (non-hydrogen) atoms. The first kappa shape index (κ1) is 27.8. The van der Waals surface area contributed by atoms with Crippen molar-refractivity contribution in [3.63, 3.8) is 0 Å². The molecule has 2 aliphatic rings. The Kier molecular flexibility index (Phi) is 8.27. The quantitative estimate of drug-likeness (QED) is 0.363. The minimum absolute atomic E-state index is 0. The van der Waals surface area contributed by atoms with E-state index in [1.54, 1.807) is 0 Å². The second kappa shape index (κ2) is 10.4. The fraction of sp³-hybridized carbons (Fsp3) is 0. The van der Waals surface area contributed by atoms with Crippen molar-refractivity contribution in [3.8, 4) is 0 Å². The molecule has 4 amide bonds. The molecule has 0 bridgehead atoms. The maximum Gasteiger partial charge on any atom is 2.00 e. The third kappa shape index (κ3) is 6.35. The van der Waals surface area contributed by atoms with Crippen molar-refractivity contribution in [2.75, 3.05) is 9.80 Å². The fourth-order valence-electron chi connectivity index (χ4n) is 2.83.